The van der Waals surface area contributed by atoms with E-state index in [1.165, 1.54) is 19.1 Å². The smallest absolute Gasteiger partial charge is 0.425 e. The number of hydrogen-bond donors (Lipinski definition) is 0. The Balaban J connectivity index is 3.57. The Morgan fingerprint density at radius 1 is 1.27 bits per heavy atom. The number of alkyl halides is 4. The number of amides is 1. The summed E-state index contributed by atoms with van der Waals surface area (Å²) in [5.41, 5.74) is -2.57. The van der Waals surface area contributed by atoms with E-state index in [4.69, 9.17) is 16.3 Å². The molecule has 0 aliphatic heterocycles. The molecular weight excluding hydrogens is 395 g/mol. The van der Waals surface area contributed by atoms with Crippen LogP contribution in [-0.4, -0.2) is 47.2 Å². The second-order valence-corrected chi connectivity index (χ2v) is 6.94. The summed E-state index contributed by atoms with van der Waals surface area (Å²) in [7, 11) is 0.794. The maximum atomic E-state index is 14.0. The highest BCUT2D eigenvalue weighted by atomic mass is 35.5. The monoisotopic (exact) mass is 413 g/mol. The fourth-order valence-corrected chi connectivity index (χ4v) is 3.60. The fourth-order valence-electron chi connectivity index (χ4n) is 2.16. The van der Waals surface area contributed by atoms with Crippen LogP contribution in [-0.2, 0) is 14.3 Å². The summed E-state index contributed by atoms with van der Waals surface area (Å²) in [6, 6.07) is 6.35. The number of nitrogens with zero attached hydrogens (tertiary/aromatic N) is 1. The number of aryl methyl sites for hydroxylation is 1. The van der Waals surface area contributed by atoms with Crippen molar-refractivity contribution in [2.24, 2.45) is 0 Å². The van der Waals surface area contributed by atoms with Gasteiger partial charge in [-0.1, -0.05) is 17.7 Å². The molecule has 1 aromatic rings. The van der Waals surface area contributed by atoms with Gasteiger partial charge in [0.1, 0.15) is 0 Å². The van der Waals surface area contributed by atoms with Crippen molar-refractivity contribution < 1.29 is 32.2 Å². The van der Waals surface area contributed by atoms with Crippen molar-refractivity contribution in [1.29, 1.82) is 0 Å². The quantitative estimate of drug-likeness (QED) is 0.388. The van der Waals surface area contributed by atoms with Crippen LogP contribution in [0.3, 0.4) is 0 Å². The first-order chi connectivity index (χ1) is 12.0. The number of esters is 1. The highest BCUT2D eigenvalue weighted by Crippen LogP contribution is 2.46. The van der Waals surface area contributed by atoms with Crippen LogP contribution in [0, 0.1) is 6.92 Å². The molecule has 0 unspecified atom stereocenters. The Labute approximate surface area is 158 Å². The molecule has 1 rings (SSSR count). The number of methoxy groups -OCH3 is 1. The normalized spacial score (nSPS) is 14.9. The summed E-state index contributed by atoms with van der Waals surface area (Å²) < 4.78 is 51.4. The predicted octanol–water partition coefficient (Wildman–Crippen LogP) is 4.56. The maximum absolute atomic E-state index is 14.0. The van der Waals surface area contributed by atoms with Crippen molar-refractivity contribution >= 4 is 35.6 Å². The highest BCUT2D eigenvalue weighted by molar-refractivity contribution is 7.97. The maximum Gasteiger partial charge on any atom is 0.425 e. The first-order valence-electron chi connectivity index (χ1n) is 7.53. The van der Waals surface area contributed by atoms with Gasteiger partial charge in [-0.25, -0.2) is 13.9 Å². The Morgan fingerprint density at radius 3 is 2.19 bits per heavy atom. The van der Waals surface area contributed by atoms with Gasteiger partial charge in [-0.2, -0.15) is 13.2 Å². The van der Waals surface area contributed by atoms with E-state index in [0.717, 1.165) is 19.6 Å². The van der Waals surface area contributed by atoms with Gasteiger partial charge in [0.25, 0.3) is 5.54 Å². The van der Waals surface area contributed by atoms with Crippen LogP contribution in [0.5, 0.6) is 0 Å². The molecule has 0 bridgehead atoms. The van der Waals surface area contributed by atoms with Crippen molar-refractivity contribution in [2.45, 2.75) is 42.8 Å². The average Bonchev–Trinajstić information content (AvgIpc) is 2.54. The number of benzene rings is 1. The molecule has 0 fully saturated rings. The zero-order valence-corrected chi connectivity index (χ0v) is 16.2. The third-order valence-corrected chi connectivity index (χ3v) is 4.89. The van der Waals surface area contributed by atoms with Crippen molar-refractivity contribution in [3.63, 3.8) is 0 Å². The SMILES string of the molecule is CCOC(=O)N(Sc1ccc(C)cc1)[C@@](C(=O)OC)([C@H](C)Cl)C(F)(F)F. The first-order valence-corrected chi connectivity index (χ1v) is 8.74. The molecule has 146 valence electrons. The van der Waals surface area contributed by atoms with Crippen LogP contribution in [0.15, 0.2) is 29.2 Å². The van der Waals surface area contributed by atoms with Gasteiger partial charge in [0.2, 0.25) is 0 Å². The van der Waals surface area contributed by atoms with Crippen molar-refractivity contribution in [1.82, 2.24) is 4.31 Å². The van der Waals surface area contributed by atoms with E-state index in [9.17, 15) is 22.8 Å². The summed E-state index contributed by atoms with van der Waals surface area (Å²) in [6.45, 7) is 4.01. The molecule has 0 saturated heterocycles. The van der Waals surface area contributed by atoms with Gasteiger partial charge in [-0.05, 0) is 44.9 Å². The van der Waals surface area contributed by atoms with Gasteiger partial charge in [0, 0.05) is 4.90 Å². The molecule has 0 saturated carbocycles. The topological polar surface area (TPSA) is 55.8 Å². The van der Waals surface area contributed by atoms with Crippen LogP contribution < -0.4 is 0 Å². The molecular formula is C16H19ClF3NO4S. The van der Waals surface area contributed by atoms with Crippen LogP contribution in [0.2, 0.25) is 0 Å². The number of ether oxygens (including phenoxy) is 2. The van der Waals surface area contributed by atoms with E-state index in [1.807, 2.05) is 0 Å². The number of rotatable bonds is 6. The van der Waals surface area contributed by atoms with Crippen LogP contribution in [0.25, 0.3) is 0 Å². The standard InChI is InChI=1S/C16H19ClF3NO4S/c1-5-25-14(23)21(26-12-8-6-10(2)7-9-12)15(11(3)17,13(22)24-4)16(18,19)20/h6-9,11H,5H2,1-4H3/t11-,15+/m0/s1. The largest absolute Gasteiger partial charge is 0.467 e. The van der Waals surface area contributed by atoms with Crippen molar-refractivity contribution in [2.75, 3.05) is 13.7 Å². The molecule has 0 aromatic heterocycles. The first kappa shape index (κ1) is 22.4. The lowest BCUT2D eigenvalue weighted by atomic mass is 9.95. The van der Waals surface area contributed by atoms with Gasteiger partial charge in [0.05, 0.1) is 19.1 Å². The van der Waals surface area contributed by atoms with Gasteiger partial charge in [0.15, 0.2) is 0 Å². The van der Waals surface area contributed by atoms with E-state index in [0.29, 0.717) is 16.8 Å². The summed E-state index contributed by atoms with van der Waals surface area (Å²) in [5.74, 6) is -1.71. The van der Waals surface area contributed by atoms with E-state index in [-0.39, 0.29) is 10.9 Å². The molecule has 2 atom stereocenters. The predicted molar refractivity (Wildman–Crippen MR) is 92.0 cm³/mol. The third-order valence-electron chi connectivity index (χ3n) is 3.48. The Hall–Kier alpha value is -1.61. The molecule has 0 spiro atoms. The molecule has 5 nitrogen and oxygen atoms in total. The fraction of sp³-hybridized carbons (Fsp3) is 0.500. The molecule has 0 radical (unpaired) electrons. The minimum atomic E-state index is -5.22. The highest BCUT2D eigenvalue weighted by Gasteiger charge is 2.70. The molecule has 10 heteroatoms. The van der Waals surface area contributed by atoms with Crippen molar-refractivity contribution in [3.8, 4) is 0 Å². The van der Waals surface area contributed by atoms with E-state index in [1.54, 1.807) is 19.1 Å². The van der Waals surface area contributed by atoms with Crippen molar-refractivity contribution in [3.05, 3.63) is 29.8 Å². The number of hydrogen-bond acceptors (Lipinski definition) is 5. The Morgan fingerprint density at radius 2 is 1.81 bits per heavy atom. The lowest BCUT2D eigenvalue weighted by molar-refractivity contribution is -0.222. The zero-order chi connectivity index (χ0) is 20.1. The number of carbonyl (C=O) groups is 2. The molecule has 0 N–H and O–H groups in total. The molecule has 26 heavy (non-hydrogen) atoms. The van der Waals surface area contributed by atoms with E-state index < -0.39 is 29.2 Å². The average molecular weight is 414 g/mol. The van der Waals surface area contributed by atoms with Gasteiger partial charge in [-0.15, -0.1) is 11.6 Å². The second kappa shape index (κ2) is 8.85. The van der Waals surface area contributed by atoms with Gasteiger partial charge in [-0.3, -0.25) is 0 Å². The molecule has 1 aromatic carbocycles. The second-order valence-electron chi connectivity index (χ2n) is 5.27. The summed E-state index contributed by atoms with van der Waals surface area (Å²) in [5, 5.41) is -1.85. The number of carbonyl (C=O) groups excluding carboxylic acids is 2. The van der Waals surface area contributed by atoms with Gasteiger partial charge < -0.3 is 9.47 Å². The lowest BCUT2D eigenvalue weighted by Crippen LogP contribution is -2.68. The van der Waals surface area contributed by atoms with Crippen LogP contribution >= 0.6 is 23.5 Å². The minimum Gasteiger partial charge on any atom is -0.467 e. The number of halogens is 4. The Kier molecular flexibility index (Phi) is 7.64. The minimum absolute atomic E-state index is 0.185. The van der Waals surface area contributed by atoms with E-state index >= 15 is 0 Å². The van der Waals surface area contributed by atoms with Crippen LogP contribution in [0.4, 0.5) is 18.0 Å². The molecule has 0 aliphatic carbocycles. The zero-order valence-electron chi connectivity index (χ0n) is 14.6. The summed E-state index contributed by atoms with van der Waals surface area (Å²) in [6.07, 6.45) is -6.57. The Bertz CT molecular complexity index is 639. The third kappa shape index (κ3) is 4.37. The molecule has 0 heterocycles. The van der Waals surface area contributed by atoms with E-state index in [2.05, 4.69) is 4.74 Å². The lowest BCUT2D eigenvalue weighted by Gasteiger charge is -2.42. The molecule has 1 amide bonds. The summed E-state index contributed by atoms with van der Waals surface area (Å²) in [4.78, 5) is 24.9. The molecule has 0 aliphatic rings. The summed E-state index contributed by atoms with van der Waals surface area (Å²) >= 11 is 6.21. The van der Waals surface area contributed by atoms with Crippen LogP contribution in [0.1, 0.15) is 19.4 Å². The van der Waals surface area contributed by atoms with Gasteiger partial charge >= 0.3 is 18.2 Å².